The molecular weight excluding hydrogens is 373 g/mol. The van der Waals surface area contributed by atoms with Crippen LogP contribution in [-0.2, 0) is 23.9 Å². The van der Waals surface area contributed by atoms with Crippen molar-refractivity contribution in [3.63, 3.8) is 0 Å². The number of ether oxygens (including phenoxy) is 1. The number of alkyl halides is 3. The number of nitrogens with zero attached hydrogens (tertiary/aromatic N) is 3. The van der Waals surface area contributed by atoms with Crippen LogP contribution in [0.15, 0.2) is 42.7 Å². The lowest BCUT2D eigenvalue weighted by atomic mass is 10.2. The Morgan fingerprint density at radius 1 is 1.21 bits per heavy atom. The fraction of sp³-hybridized carbons (Fsp3) is 0.316. The van der Waals surface area contributed by atoms with E-state index in [-0.39, 0.29) is 18.9 Å². The number of carbonyl (C=O) groups excluding carboxylic acids is 1. The molecule has 3 aromatic rings. The SMILES string of the molecule is CCNC(=O)Cc1nccc2nn(CCOc3ccc(C(F)(F)F)cc3)cc12. The highest BCUT2D eigenvalue weighted by molar-refractivity contribution is 5.86. The van der Waals surface area contributed by atoms with E-state index in [1.54, 1.807) is 23.1 Å². The van der Waals surface area contributed by atoms with E-state index in [4.69, 9.17) is 4.74 Å². The summed E-state index contributed by atoms with van der Waals surface area (Å²) in [7, 11) is 0. The molecule has 0 atom stereocenters. The molecule has 6 nitrogen and oxygen atoms in total. The highest BCUT2D eigenvalue weighted by atomic mass is 19.4. The first-order chi connectivity index (χ1) is 13.4. The zero-order chi connectivity index (χ0) is 20.1. The molecule has 0 aliphatic rings. The van der Waals surface area contributed by atoms with Crippen molar-refractivity contribution < 1.29 is 22.7 Å². The molecule has 28 heavy (non-hydrogen) atoms. The molecule has 2 heterocycles. The van der Waals surface area contributed by atoms with Crippen molar-refractivity contribution in [3.05, 3.63) is 54.0 Å². The summed E-state index contributed by atoms with van der Waals surface area (Å²) in [6.45, 7) is 3.03. The molecule has 2 aromatic heterocycles. The van der Waals surface area contributed by atoms with Gasteiger partial charge in [-0.2, -0.15) is 18.3 Å². The van der Waals surface area contributed by atoms with Gasteiger partial charge in [-0.05, 0) is 37.3 Å². The summed E-state index contributed by atoms with van der Waals surface area (Å²) in [5.41, 5.74) is 0.632. The molecule has 1 N–H and O–H groups in total. The molecule has 0 saturated heterocycles. The summed E-state index contributed by atoms with van der Waals surface area (Å²) in [6, 6.07) is 6.30. The average molecular weight is 392 g/mol. The second kappa shape index (κ2) is 8.28. The fourth-order valence-corrected chi connectivity index (χ4v) is 2.71. The van der Waals surface area contributed by atoms with Gasteiger partial charge < -0.3 is 10.1 Å². The topological polar surface area (TPSA) is 69.0 Å². The van der Waals surface area contributed by atoms with Crippen molar-refractivity contribution in [2.24, 2.45) is 0 Å². The summed E-state index contributed by atoms with van der Waals surface area (Å²) in [5.74, 6) is 0.240. The number of nitrogens with one attached hydrogen (secondary N) is 1. The first kappa shape index (κ1) is 19.7. The Kier molecular flexibility index (Phi) is 5.81. The smallest absolute Gasteiger partial charge is 0.416 e. The van der Waals surface area contributed by atoms with Gasteiger partial charge in [0, 0.05) is 24.3 Å². The number of hydrogen-bond donors (Lipinski definition) is 1. The lowest BCUT2D eigenvalue weighted by molar-refractivity contribution is -0.137. The van der Waals surface area contributed by atoms with E-state index in [0.29, 0.717) is 30.0 Å². The van der Waals surface area contributed by atoms with Gasteiger partial charge in [-0.1, -0.05) is 0 Å². The Morgan fingerprint density at radius 3 is 2.64 bits per heavy atom. The van der Waals surface area contributed by atoms with E-state index < -0.39 is 11.7 Å². The van der Waals surface area contributed by atoms with Crippen LogP contribution in [-0.4, -0.2) is 33.8 Å². The summed E-state index contributed by atoms with van der Waals surface area (Å²) in [5, 5.41) is 7.94. The quantitative estimate of drug-likeness (QED) is 0.671. The molecule has 0 radical (unpaired) electrons. The van der Waals surface area contributed by atoms with Gasteiger partial charge in [0.05, 0.1) is 29.7 Å². The monoisotopic (exact) mass is 392 g/mol. The van der Waals surface area contributed by atoms with Gasteiger partial charge in [0.15, 0.2) is 0 Å². The molecule has 0 fully saturated rings. The Labute approximate surface area is 159 Å². The molecule has 0 unspecified atom stereocenters. The number of carbonyl (C=O) groups is 1. The van der Waals surface area contributed by atoms with Crippen molar-refractivity contribution >= 4 is 16.8 Å². The molecule has 3 rings (SSSR count). The van der Waals surface area contributed by atoms with E-state index in [1.807, 2.05) is 6.92 Å². The van der Waals surface area contributed by atoms with Crippen molar-refractivity contribution in [1.29, 1.82) is 0 Å². The van der Waals surface area contributed by atoms with E-state index in [9.17, 15) is 18.0 Å². The van der Waals surface area contributed by atoms with Gasteiger partial charge in [-0.3, -0.25) is 14.5 Å². The number of fused-ring (bicyclic) bond motifs is 1. The lowest BCUT2D eigenvalue weighted by Gasteiger charge is -2.09. The van der Waals surface area contributed by atoms with E-state index in [0.717, 1.165) is 17.5 Å². The Balaban J connectivity index is 1.62. The van der Waals surface area contributed by atoms with Gasteiger partial charge in [-0.25, -0.2) is 0 Å². The molecule has 148 valence electrons. The molecule has 1 aromatic carbocycles. The number of aromatic nitrogens is 3. The summed E-state index contributed by atoms with van der Waals surface area (Å²) >= 11 is 0. The van der Waals surface area contributed by atoms with Gasteiger partial charge in [0.1, 0.15) is 12.4 Å². The van der Waals surface area contributed by atoms with Crippen molar-refractivity contribution in [2.45, 2.75) is 26.1 Å². The minimum atomic E-state index is -4.37. The Morgan fingerprint density at radius 2 is 1.96 bits per heavy atom. The molecule has 0 saturated carbocycles. The molecule has 9 heteroatoms. The number of amides is 1. The van der Waals surface area contributed by atoms with Crippen LogP contribution in [0.2, 0.25) is 0 Å². The highest BCUT2D eigenvalue weighted by Crippen LogP contribution is 2.30. The third-order valence-corrected chi connectivity index (χ3v) is 4.04. The van der Waals surface area contributed by atoms with Crippen LogP contribution in [0.25, 0.3) is 10.9 Å². The molecule has 0 aliphatic carbocycles. The minimum absolute atomic E-state index is 0.110. The van der Waals surface area contributed by atoms with Crippen LogP contribution in [0.3, 0.4) is 0 Å². The van der Waals surface area contributed by atoms with Crippen LogP contribution in [0, 0.1) is 0 Å². The molecule has 0 aliphatic heterocycles. The summed E-state index contributed by atoms with van der Waals surface area (Å²) in [6.07, 6.45) is -0.813. The second-order valence-corrected chi connectivity index (χ2v) is 6.08. The third-order valence-electron chi connectivity index (χ3n) is 4.04. The van der Waals surface area contributed by atoms with Crippen molar-refractivity contribution in [2.75, 3.05) is 13.2 Å². The minimum Gasteiger partial charge on any atom is -0.492 e. The van der Waals surface area contributed by atoms with Crippen LogP contribution < -0.4 is 10.1 Å². The number of halogens is 3. The maximum atomic E-state index is 12.6. The van der Waals surface area contributed by atoms with Crippen LogP contribution in [0.5, 0.6) is 5.75 Å². The molecule has 0 bridgehead atoms. The average Bonchev–Trinajstić information content (AvgIpc) is 3.06. The standard InChI is InChI=1S/C19H19F3N4O2/c1-2-23-18(27)11-17-15-12-26(25-16(15)7-8-24-17)9-10-28-14-5-3-13(4-6-14)19(20,21)22/h3-8,12H,2,9-11H2,1H3,(H,23,27). The predicted molar refractivity (Wildman–Crippen MR) is 96.9 cm³/mol. The van der Waals surface area contributed by atoms with Crippen LogP contribution in [0.1, 0.15) is 18.2 Å². The number of rotatable bonds is 7. The van der Waals surface area contributed by atoms with Gasteiger partial charge >= 0.3 is 6.18 Å². The van der Waals surface area contributed by atoms with Gasteiger partial charge in [0.25, 0.3) is 0 Å². The first-order valence-corrected chi connectivity index (χ1v) is 8.74. The Bertz CT molecular complexity index is 952. The number of benzene rings is 1. The third kappa shape index (κ3) is 4.79. The molecule has 1 amide bonds. The summed E-state index contributed by atoms with van der Waals surface area (Å²) < 4.78 is 44.9. The second-order valence-electron chi connectivity index (χ2n) is 6.08. The number of likely N-dealkylation sites (N-methyl/N-ethyl adjacent to an activating group) is 1. The largest absolute Gasteiger partial charge is 0.492 e. The van der Waals surface area contributed by atoms with E-state index in [1.165, 1.54) is 12.1 Å². The lowest BCUT2D eigenvalue weighted by Crippen LogP contribution is -2.24. The molecular formula is C19H19F3N4O2. The van der Waals surface area contributed by atoms with E-state index >= 15 is 0 Å². The zero-order valence-corrected chi connectivity index (χ0v) is 15.2. The van der Waals surface area contributed by atoms with Crippen LogP contribution in [0.4, 0.5) is 13.2 Å². The normalized spacial score (nSPS) is 11.6. The number of pyridine rings is 1. The van der Waals surface area contributed by atoms with Crippen molar-refractivity contribution in [3.8, 4) is 5.75 Å². The first-order valence-electron chi connectivity index (χ1n) is 8.74. The summed E-state index contributed by atoms with van der Waals surface area (Å²) in [4.78, 5) is 16.1. The maximum absolute atomic E-state index is 12.6. The maximum Gasteiger partial charge on any atom is 0.416 e. The molecule has 0 spiro atoms. The Hall–Kier alpha value is -3.10. The van der Waals surface area contributed by atoms with Gasteiger partial charge in [-0.15, -0.1) is 0 Å². The van der Waals surface area contributed by atoms with Gasteiger partial charge in [0.2, 0.25) is 5.91 Å². The fourth-order valence-electron chi connectivity index (χ4n) is 2.71. The zero-order valence-electron chi connectivity index (χ0n) is 15.2. The van der Waals surface area contributed by atoms with E-state index in [2.05, 4.69) is 15.4 Å². The van der Waals surface area contributed by atoms with Crippen molar-refractivity contribution in [1.82, 2.24) is 20.1 Å². The highest BCUT2D eigenvalue weighted by Gasteiger charge is 2.30. The number of hydrogen-bond acceptors (Lipinski definition) is 4. The van der Waals surface area contributed by atoms with Crippen LogP contribution >= 0.6 is 0 Å². The predicted octanol–water partition coefficient (Wildman–Crippen LogP) is 3.21.